The minimum atomic E-state index is -0.634. The Labute approximate surface area is 176 Å². The van der Waals surface area contributed by atoms with Crippen molar-refractivity contribution in [2.45, 2.75) is 33.0 Å². The minimum Gasteiger partial charge on any atom is -0.488 e. The van der Waals surface area contributed by atoms with Crippen LogP contribution in [0, 0.1) is 0 Å². The van der Waals surface area contributed by atoms with E-state index in [1.165, 1.54) is 11.8 Å². The number of ether oxygens (including phenoxy) is 3. The third-order valence-electron chi connectivity index (χ3n) is 3.92. The molecular weight excluding hydrogens is 440 g/mol. The van der Waals surface area contributed by atoms with E-state index in [0.29, 0.717) is 22.2 Å². The van der Waals surface area contributed by atoms with Crippen LogP contribution >= 0.6 is 15.9 Å². The number of halogens is 1. The zero-order chi connectivity index (χ0) is 21.2. The highest BCUT2D eigenvalue weighted by molar-refractivity contribution is 9.10. The molecule has 29 heavy (non-hydrogen) atoms. The molecule has 1 aromatic heterocycles. The average Bonchev–Trinajstić information content (AvgIpc) is 3.08. The number of methoxy groups -OCH3 is 1. The quantitative estimate of drug-likeness (QED) is 0.512. The standard InChI is InChI=1S/C21H21BrN2O5/c1-21(2,3)29-20(26)24-17-9-15(22)10-18(16(17)11-23-24)28-12-13-6-5-7-14(8-13)19(25)27-4/h5-11H,12H2,1-4H3. The lowest BCUT2D eigenvalue weighted by molar-refractivity contribution is 0.0521. The number of fused-ring (bicyclic) bond motifs is 1. The predicted octanol–water partition coefficient (Wildman–Crippen LogP) is 4.95. The SMILES string of the molecule is COC(=O)c1cccc(COc2cc(Br)cc3c2cnn3C(=O)OC(C)(C)C)c1. The highest BCUT2D eigenvalue weighted by atomic mass is 79.9. The van der Waals surface area contributed by atoms with Gasteiger partial charge in [-0.05, 0) is 50.6 Å². The van der Waals surface area contributed by atoms with E-state index in [4.69, 9.17) is 14.2 Å². The molecule has 0 fully saturated rings. The number of benzene rings is 2. The van der Waals surface area contributed by atoms with E-state index in [-0.39, 0.29) is 6.61 Å². The van der Waals surface area contributed by atoms with Gasteiger partial charge in [0.2, 0.25) is 0 Å². The smallest absolute Gasteiger partial charge is 0.435 e. The second-order valence-electron chi connectivity index (χ2n) is 7.35. The van der Waals surface area contributed by atoms with Crippen molar-refractivity contribution in [2.24, 2.45) is 0 Å². The molecule has 3 rings (SSSR count). The lowest BCUT2D eigenvalue weighted by Gasteiger charge is -2.19. The summed E-state index contributed by atoms with van der Waals surface area (Å²) in [4.78, 5) is 24.1. The summed E-state index contributed by atoms with van der Waals surface area (Å²) in [7, 11) is 1.34. The molecule has 0 aliphatic heterocycles. The van der Waals surface area contributed by atoms with E-state index in [1.54, 1.807) is 57.3 Å². The van der Waals surface area contributed by atoms with Crippen molar-refractivity contribution >= 4 is 38.9 Å². The number of aromatic nitrogens is 2. The molecule has 0 spiro atoms. The molecule has 0 atom stereocenters. The molecule has 0 saturated carbocycles. The fourth-order valence-electron chi connectivity index (χ4n) is 2.70. The van der Waals surface area contributed by atoms with Crippen LogP contribution in [0.15, 0.2) is 47.1 Å². The van der Waals surface area contributed by atoms with Crippen molar-refractivity contribution in [3.8, 4) is 5.75 Å². The van der Waals surface area contributed by atoms with E-state index >= 15 is 0 Å². The van der Waals surface area contributed by atoms with Crippen molar-refractivity contribution in [1.29, 1.82) is 0 Å². The molecule has 1 heterocycles. The second kappa shape index (κ2) is 8.24. The van der Waals surface area contributed by atoms with Gasteiger partial charge in [-0.2, -0.15) is 9.78 Å². The van der Waals surface area contributed by atoms with E-state index in [9.17, 15) is 9.59 Å². The summed E-state index contributed by atoms with van der Waals surface area (Å²) in [5.41, 5.74) is 1.18. The zero-order valence-corrected chi connectivity index (χ0v) is 18.1. The monoisotopic (exact) mass is 460 g/mol. The van der Waals surface area contributed by atoms with Gasteiger partial charge in [0.05, 0.1) is 29.8 Å². The van der Waals surface area contributed by atoms with Crippen molar-refractivity contribution in [3.63, 3.8) is 0 Å². The zero-order valence-electron chi connectivity index (χ0n) is 16.6. The number of hydrogen-bond acceptors (Lipinski definition) is 6. The molecule has 7 nitrogen and oxygen atoms in total. The average molecular weight is 461 g/mol. The van der Waals surface area contributed by atoms with Crippen molar-refractivity contribution < 1.29 is 23.8 Å². The van der Waals surface area contributed by atoms with Crippen LogP contribution < -0.4 is 4.74 Å². The van der Waals surface area contributed by atoms with Crippen molar-refractivity contribution in [2.75, 3.05) is 7.11 Å². The van der Waals surface area contributed by atoms with Crippen LogP contribution in [0.1, 0.15) is 36.7 Å². The Kier molecular flexibility index (Phi) is 5.93. The van der Waals surface area contributed by atoms with Gasteiger partial charge in [-0.25, -0.2) is 9.59 Å². The van der Waals surface area contributed by atoms with E-state index in [1.807, 2.05) is 6.07 Å². The highest BCUT2D eigenvalue weighted by Gasteiger charge is 2.21. The Morgan fingerprint density at radius 2 is 1.93 bits per heavy atom. The summed E-state index contributed by atoms with van der Waals surface area (Å²) >= 11 is 3.44. The van der Waals surface area contributed by atoms with Crippen molar-refractivity contribution in [3.05, 3.63) is 58.2 Å². The molecule has 3 aromatic rings. The van der Waals surface area contributed by atoms with Gasteiger partial charge < -0.3 is 14.2 Å². The first-order chi connectivity index (χ1) is 13.7. The number of rotatable bonds is 4. The molecule has 152 valence electrons. The number of esters is 1. The highest BCUT2D eigenvalue weighted by Crippen LogP contribution is 2.31. The Hall–Kier alpha value is -2.87. The maximum absolute atomic E-state index is 12.4. The fourth-order valence-corrected chi connectivity index (χ4v) is 3.12. The maximum Gasteiger partial charge on any atom is 0.435 e. The minimum absolute atomic E-state index is 0.230. The van der Waals surface area contributed by atoms with Crippen molar-refractivity contribution in [1.82, 2.24) is 9.78 Å². The number of hydrogen-bond donors (Lipinski definition) is 0. The first-order valence-electron chi connectivity index (χ1n) is 8.88. The number of nitrogens with zero attached hydrogens (tertiary/aromatic N) is 2. The van der Waals surface area contributed by atoms with Crippen LogP contribution in [0.2, 0.25) is 0 Å². The maximum atomic E-state index is 12.4. The van der Waals surface area contributed by atoms with E-state index < -0.39 is 17.7 Å². The number of carbonyl (C=O) groups excluding carboxylic acids is 2. The molecular formula is C21H21BrN2O5. The molecule has 0 bridgehead atoms. The summed E-state index contributed by atoms with van der Waals surface area (Å²) in [6.45, 7) is 5.62. The van der Waals surface area contributed by atoms with Gasteiger partial charge in [0, 0.05) is 4.47 Å². The van der Waals surface area contributed by atoms with Gasteiger partial charge in [-0.3, -0.25) is 0 Å². The molecule has 0 amide bonds. The molecule has 0 unspecified atom stereocenters. The van der Waals surface area contributed by atoms with Crippen LogP contribution in [-0.2, 0) is 16.1 Å². The Morgan fingerprint density at radius 3 is 2.62 bits per heavy atom. The molecule has 0 radical (unpaired) electrons. The Balaban J connectivity index is 1.87. The fraction of sp³-hybridized carbons (Fsp3) is 0.286. The van der Waals surface area contributed by atoms with Gasteiger partial charge in [0.25, 0.3) is 0 Å². The predicted molar refractivity (Wildman–Crippen MR) is 111 cm³/mol. The second-order valence-corrected chi connectivity index (χ2v) is 8.27. The van der Waals surface area contributed by atoms with Crippen LogP contribution in [0.4, 0.5) is 4.79 Å². The summed E-state index contributed by atoms with van der Waals surface area (Å²) < 4.78 is 18.0. The molecule has 2 aromatic carbocycles. The summed E-state index contributed by atoms with van der Waals surface area (Å²) in [5.74, 6) is 0.142. The third kappa shape index (κ3) is 4.95. The van der Waals surface area contributed by atoms with Crippen LogP contribution in [0.3, 0.4) is 0 Å². The van der Waals surface area contributed by atoms with Crippen LogP contribution in [0.5, 0.6) is 5.75 Å². The first-order valence-corrected chi connectivity index (χ1v) is 9.68. The summed E-state index contributed by atoms with van der Waals surface area (Å²) in [6.07, 6.45) is 0.994. The van der Waals surface area contributed by atoms with Crippen LogP contribution in [-0.4, -0.2) is 34.6 Å². The topological polar surface area (TPSA) is 79.7 Å². The Morgan fingerprint density at radius 1 is 1.17 bits per heavy atom. The molecule has 8 heteroatoms. The van der Waals surface area contributed by atoms with E-state index in [0.717, 1.165) is 10.0 Å². The summed E-state index contributed by atoms with van der Waals surface area (Å²) in [6, 6.07) is 10.6. The van der Waals surface area contributed by atoms with E-state index in [2.05, 4.69) is 21.0 Å². The lowest BCUT2D eigenvalue weighted by Crippen LogP contribution is -2.27. The Bertz CT molecular complexity index is 1070. The molecule has 0 aliphatic carbocycles. The lowest BCUT2D eigenvalue weighted by atomic mass is 10.1. The molecule has 0 saturated heterocycles. The van der Waals surface area contributed by atoms with Gasteiger partial charge in [0.15, 0.2) is 0 Å². The molecule has 0 aliphatic rings. The van der Waals surface area contributed by atoms with Gasteiger partial charge in [0.1, 0.15) is 18.0 Å². The molecule has 0 N–H and O–H groups in total. The van der Waals surface area contributed by atoms with Gasteiger partial charge in [-0.1, -0.05) is 28.1 Å². The van der Waals surface area contributed by atoms with Gasteiger partial charge >= 0.3 is 12.1 Å². The largest absolute Gasteiger partial charge is 0.488 e. The van der Waals surface area contributed by atoms with Gasteiger partial charge in [-0.15, -0.1) is 0 Å². The first kappa shape index (κ1) is 20.9. The summed E-state index contributed by atoms with van der Waals surface area (Å²) in [5, 5.41) is 4.83. The normalized spacial score (nSPS) is 11.3. The number of carbonyl (C=O) groups is 2. The van der Waals surface area contributed by atoms with Crippen LogP contribution in [0.25, 0.3) is 10.9 Å². The third-order valence-corrected chi connectivity index (χ3v) is 4.38.